The van der Waals surface area contributed by atoms with Crippen LogP contribution in [0.2, 0.25) is 0 Å². The van der Waals surface area contributed by atoms with Crippen LogP contribution in [0.5, 0.6) is 0 Å². The van der Waals surface area contributed by atoms with Crippen LogP contribution in [-0.2, 0) is 0 Å². The van der Waals surface area contributed by atoms with Gasteiger partial charge in [-0.2, -0.15) is 0 Å². The van der Waals surface area contributed by atoms with Gasteiger partial charge in [0.1, 0.15) is 0 Å². The largest absolute Gasteiger partial charge is 0.399 e. The lowest BCUT2D eigenvalue weighted by atomic mass is 9.87. The van der Waals surface area contributed by atoms with Crippen LogP contribution in [0.15, 0.2) is 18.2 Å². The third-order valence-electron chi connectivity index (χ3n) is 3.01. The Hall–Kier alpha value is -1.46. The quantitative estimate of drug-likeness (QED) is 0.535. The van der Waals surface area contributed by atoms with Gasteiger partial charge in [-0.3, -0.25) is 0 Å². The van der Waals surface area contributed by atoms with E-state index in [1.807, 2.05) is 12.1 Å². The molecule has 1 heterocycles. The van der Waals surface area contributed by atoms with E-state index in [4.69, 9.17) is 12.2 Å². The number of anilines is 1. The molecule has 15 heavy (non-hydrogen) atoms. The number of terminal acetylenes is 1. The van der Waals surface area contributed by atoms with Gasteiger partial charge in [0.2, 0.25) is 0 Å². The van der Waals surface area contributed by atoms with E-state index in [0.717, 1.165) is 24.3 Å². The maximum Gasteiger partial charge on any atom is 0.0326 e. The van der Waals surface area contributed by atoms with E-state index < -0.39 is 0 Å². The summed E-state index contributed by atoms with van der Waals surface area (Å²) in [5.74, 6) is 3.33. The molecule has 0 unspecified atom stereocenters. The molecule has 78 valence electrons. The van der Waals surface area contributed by atoms with Gasteiger partial charge in [0.15, 0.2) is 0 Å². The van der Waals surface area contributed by atoms with Crippen molar-refractivity contribution in [2.75, 3.05) is 18.8 Å². The van der Waals surface area contributed by atoms with Gasteiger partial charge in [-0.1, -0.05) is 12.0 Å². The lowest BCUT2D eigenvalue weighted by molar-refractivity contribution is 0.460. The average Bonchev–Trinajstić information content (AvgIpc) is 2.30. The van der Waals surface area contributed by atoms with Crippen LogP contribution in [0.3, 0.4) is 0 Å². The topological polar surface area (TPSA) is 38.0 Å². The number of nitrogens with one attached hydrogen (secondary N) is 1. The summed E-state index contributed by atoms with van der Waals surface area (Å²) in [6, 6.07) is 5.93. The molecular weight excluding hydrogens is 184 g/mol. The Morgan fingerprint density at radius 1 is 1.33 bits per heavy atom. The first-order valence-corrected chi connectivity index (χ1v) is 5.38. The van der Waals surface area contributed by atoms with Gasteiger partial charge in [0, 0.05) is 11.3 Å². The first kappa shape index (κ1) is 10.1. The molecule has 1 aliphatic heterocycles. The van der Waals surface area contributed by atoms with E-state index in [0.29, 0.717) is 5.92 Å². The van der Waals surface area contributed by atoms with Crippen LogP contribution < -0.4 is 11.1 Å². The zero-order chi connectivity index (χ0) is 10.7. The first-order chi connectivity index (χ1) is 7.31. The Kier molecular flexibility index (Phi) is 2.94. The molecule has 2 nitrogen and oxygen atoms in total. The normalized spacial score (nSPS) is 17.3. The van der Waals surface area contributed by atoms with E-state index in [-0.39, 0.29) is 0 Å². The van der Waals surface area contributed by atoms with E-state index in [9.17, 15) is 0 Å². The number of piperidine rings is 1. The number of rotatable bonds is 1. The van der Waals surface area contributed by atoms with E-state index in [1.165, 1.54) is 18.4 Å². The number of hydrogen-bond acceptors (Lipinski definition) is 2. The van der Waals surface area contributed by atoms with Gasteiger partial charge < -0.3 is 11.1 Å². The fraction of sp³-hybridized carbons (Fsp3) is 0.385. The van der Waals surface area contributed by atoms with Crippen LogP contribution in [0.25, 0.3) is 0 Å². The highest BCUT2D eigenvalue weighted by atomic mass is 14.9. The smallest absolute Gasteiger partial charge is 0.0326 e. The number of benzene rings is 1. The Bertz CT molecular complexity index is 384. The second-order valence-corrected chi connectivity index (χ2v) is 4.02. The summed E-state index contributed by atoms with van der Waals surface area (Å²) in [6.07, 6.45) is 7.84. The minimum absolute atomic E-state index is 0.595. The van der Waals surface area contributed by atoms with Crippen molar-refractivity contribution < 1.29 is 0 Å². The monoisotopic (exact) mass is 200 g/mol. The van der Waals surface area contributed by atoms with Crippen molar-refractivity contribution in [2.24, 2.45) is 0 Å². The third kappa shape index (κ3) is 2.14. The van der Waals surface area contributed by atoms with E-state index >= 15 is 0 Å². The van der Waals surface area contributed by atoms with Crippen molar-refractivity contribution in [1.82, 2.24) is 5.32 Å². The highest BCUT2D eigenvalue weighted by molar-refractivity contribution is 5.52. The zero-order valence-corrected chi connectivity index (χ0v) is 8.79. The van der Waals surface area contributed by atoms with Crippen LogP contribution in [0.1, 0.15) is 29.9 Å². The van der Waals surface area contributed by atoms with Crippen LogP contribution in [0, 0.1) is 12.3 Å². The van der Waals surface area contributed by atoms with E-state index in [1.54, 1.807) is 0 Å². The van der Waals surface area contributed by atoms with Crippen molar-refractivity contribution in [3.8, 4) is 12.3 Å². The summed E-state index contributed by atoms with van der Waals surface area (Å²) < 4.78 is 0. The highest BCUT2D eigenvalue weighted by Gasteiger charge is 2.17. The fourth-order valence-corrected chi connectivity index (χ4v) is 2.19. The molecule has 0 bridgehead atoms. The highest BCUT2D eigenvalue weighted by Crippen LogP contribution is 2.28. The van der Waals surface area contributed by atoms with Crippen molar-refractivity contribution in [2.45, 2.75) is 18.8 Å². The van der Waals surface area contributed by atoms with Gasteiger partial charge in [-0.25, -0.2) is 0 Å². The Morgan fingerprint density at radius 3 is 2.73 bits per heavy atom. The maximum atomic E-state index is 5.72. The van der Waals surface area contributed by atoms with E-state index in [2.05, 4.69) is 17.3 Å². The summed E-state index contributed by atoms with van der Waals surface area (Å²) in [6.45, 7) is 2.16. The van der Waals surface area contributed by atoms with Crippen LogP contribution in [0.4, 0.5) is 5.69 Å². The molecule has 1 fully saturated rings. The molecule has 1 saturated heterocycles. The van der Waals surface area contributed by atoms with Gasteiger partial charge in [0.05, 0.1) is 0 Å². The molecular formula is C13H16N2. The summed E-state index contributed by atoms with van der Waals surface area (Å²) in [4.78, 5) is 0. The summed E-state index contributed by atoms with van der Waals surface area (Å²) >= 11 is 0. The molecule has 2 heteroatoms. The van der Waals surface area contributed by atoms with Gasteiger partial charge >= 0.3 is 0 Å². The van der Waals surface area contributed by atoms with Crippen LogP contribution in [-0.4, -0.2) is 13.1 Å². The van der Waals surface area contributed by atoms with Crippen LogP contribution >= 0.6 is 0 Å². The Labute approximate surface area is 90.9 Å². The maximum absolute atomic E-state index is 5.72. The predicted molar refractivity (Wildman–Crippen MR) is 63.6 cm³/mol. The first-order valence-electron chi connectivity index (χ1n) is 5.38. The second-order valence-electron chi connectivity index (χ2n) is 4.02. The lowest BCUT2D eigenvalue weighted by Gasteiger charge is -2.24. The van der Waals surface area contributed by atoms with Crippen molar-refractivity contribution in [3.63, 3.8) is 0 Å². The molecule has 0 radical (unpaired) electrons. The Balaban J connectivity index is 2.30. The minimum atomic E-state index is 0.595. The molecule has 0 saturated carbocycles. The molecule has 3 N–H and O–H groups in total. The molecule has 0 aliphatic carbocycles. The summed E-state index contributed by atoms with van der Waals surface area (Å²) in [5, 5.41) is 3.36. The van der Waals surface area contributed by atoms with Gasteiger partial charge in [-0.05, 0) is 49.5 Å². The lowest BCUT2D eigenvalue weighted by Crippen LogP contribution is -2.27. The molecule has 1 aromatic rings. The Morgan fingerprint density at radius 2 is 2.07 bits per heavy atom. The summed E-state index contributed by atoms with van der Waals surface area (Å²) in [7, 11) is 0. The van der Waals surface area contributed by atoms with Gasteiger partial charge in [-0.15, -0.1) is 6.42 Å². The predicted octanol–water partition coefficient (Wildman–Crippen LogP) is 1.72. The standard InChI is InChI=1S/C13H16N2/c1-2-10-9-12(14)3-4-13(10)11-5-7-15-8-6-11/h1,3-4,9,11,15H,5-8,14H2. The molecule has 2 rings (SSSR count). The molecule has 0 amide bonds. The van der Waals surface area contributed by atoms with Crippen molar-refractivity contribution in [1.29, 1.82) is 0 Å². The number of hydrogen-bond donors (Lipinski definition) is 2. The van der Waals surface area contributed by atoms with Gasteiger partial charge in [0.25, 0.3) is 0 Å². The fourth-order valence-electron chi connectivity index (χ4n) is 2.19. The minimum Gasteiger partial charge on any atom is -0.399 e. The molecule has 0 aromatic heterocycles. The van der Waals surface area contributed by atoms with Crippen molar-refractivity contribution in [3.05, 3.63) is 29.3 Å². The number of nitrogens with two attached hydrogens (primary N) is 1. The average molecular weight is 200 g/mol. The van der Waals surface area contributed by atoms with Crippen molar-refractivity contribution >= 4 is 5.69 Å². The second kappa shape index (κ2) is 4.37. The zero-order valence-electron chi connectivity index (χ0n) is 8.79. The molecule has 1 aromatic carbocycles. The summed E-state index contributed by atoms with van der Waals surface area (Å²) in [5.41, 5.74) is 8.72. The molecule has 0 spiro atoms. The number of nitrogen functional groups attached to an aromatic ring is 1. The molecule has 1 aliphatic rings. The third-order valence-corrected chi connectivity index (χ3v) is 3.01. The SMILES string of the molecule is C#Cc1cc(N)ccc1C1CCNCC1. The molecule has 0 atom stereocenters.